The molecule has 0 aliphatic carbocycles. The molecule has 1 aliphatic rings. The van der Waals surface area contributed by atoms with Crippen LogP contribution in [0, 0.1) is 0 Å². The molecule has 2 N–H and O–H groups in total. The Labute approximate surface area is 149 Å². The molecule has 0 radical (unpaired) electrons. The van der Waals surface area contributed by atoms with Gasteiger partial charge < -0.3 is 10.5 Å². The Morgan fingerprint density at radius 1 is 1.16 bits per heavy atom. The molecule has 0 aromatic heterocycles. The fourth-order valence-corrected chi connectivity index (χ4v) is 3.26. The second-order valence-electron chi connectivity index (χ2n) is 6.54. The number of ether oxygens (including phenoxy) is 1. The first-order chi connectivity index (χ1) is 12.1. The minimum absolute atomic E-state index is 0.0892. The van der Waals surface area contributed by atoms with Crippen molar-refractivity contribution in [1.29, 1.82) is 0 Å². The predicted molar refractivity (Wildman–Crippen MR) is 98.2 cm³/mol. The van der Waals surface area contributed by atoms with Gasteiger partial charge in [0.05, 0.1) is 0 Å². The quantitative estimate of drug-likeness (QED) is 0.875. The Morgan fingerprint density at radius 2 is 1.96 bits per heavy atom. The maximum Gasteiger partial charge on any atom is 0.255 e. The van der Waals surface area contributed by atoms with E-state index in [0.29, 0.717) is 11.8 Å². The molecule has 5 heteroatoms. The maximum absolute atomic E-state index is 10.9. The number of carbonyl (C=O) groups excluding carboxylic acids is 1. The van der Waals surface area contributed by atoms with Gasteiger partial charge in [0.25, 0.3) is 5.91 Å². The first kappa shape index (κ1) is 17.5. The van der Waals surface area contributed by atoms with E-state index in [2.05, 4.69) is 53.2 Å². The van der Waals surface area contributed by atoms with Gasteiger partial charge in [0.1, 0.15) is 5.75 Å². The van der Waals surface area contributed by atoms with E-state index in [0.717, 1.165) is 26.2 Å². The number of rotatable bonds is 6. The molecule has 1 amide bonds. The van der Waals surface area contributed by atoms with Crippen LogP contribution in [0.2, 0.25) is 0 Å². The number of nitrogens with two attached hydrogens (primary N) is 1. The number of nitrogens with zero attached hydrogens (tertiary/aromatic N) is 2. The first-order valence-electron chi connectivity index (χ1n) is 8.59. The lowest BCUT2D eigenvalue weighted by Crippen LogP contribution is -2.46. The highest BCUT2D eigenvalue weighted by molar-refractivity contribution is 5.75. The van der Waals surface area contributed by atoms with Crippen molar-refractivity contribution in [1.82, 2.24) is 9.80 Å². The first-order valence-corrected chi connectivity index (χ1v) is 8.59. The number of hydrogen-bond donors (Lipinski definition) is 1. The third kappa shape index (κ3) is 4.81. The summed E-state index contributed by atoms with van der Waals surface area (Å²) in [5, 5.41) is 0. The standard InChI is InChI=1S/C20H25N3O2/c1-22-10-11-23(14-19(22)17-7-3-2-4-8-17)13-16-6-5-9-18(12-16)25-15-20(21)24/h2-9,12,19H,10-11,13-15H2,1H3,(H2,21,24). The molecule has 2 aromatic rings. The molecule has 1 saturated heterocycles. The van der Waals surface area contributed by atoms with E-state index in [4.69, 9.17) is 10.5 Å². The Kier molecular flexibility index (Phi) is 5.68. The predicted octanol–water partition coefficient (Wildman–Crippen LogP) is 2.04. The van der Waals surface area contributed by atoms with Crippen LogP contribution in [0.15, 0.2) is 54.6 Å². The summed E-state index contributed by atoms with van der Waals surface area (Å²) in [4.78, 5) is 15.7. The molecule has 1 fully saturated rings. The smallest absolute Gasteiger partial charge is 0.255 e. The number of primary amides is 1. The van der Waals surface area contributed by atoms with Crippen molar-refractivity contribution in [2.24, 2.45) is 5.73 Å². The van der Waals surface area contributed by atoms with Crippen molar-refractivity contribution >= 4 is 5.91 Å². The van der Waals surface area contributed by atoms with E-state index in [1.54, 1.807) is 0 Å². The molecule has 5 nitrogen and oxygen atoms in total. The molecule has 0 bridgehead atoms. The van der Waals surface area contributed by atoms with Crippen LogP contribution in [0.5, 0.6) is 5.75 Å². The van der Waals surface area contributed by atoms with Crippen LogP contribution in [0.25, 0.3) is 0 Å². The highest BCUT2D eigenvalue weighted by Crippen LogP contribution is 2.25. The van der Waals surface area contributed by atoms with Crippen LogP contribution in [0.4, 0.5) is 0 Å². The Hall–Kier alpha value is -2.37. The third-order valence-corrected chi connectivity index (χ3v) is 4.60. The zero-order chi connectivity index (χ0) is 17.6. The lowest BCUT2D eigenvalue weighted by molar-refractivity contribution is -0.119. The van der Waals surface area contributed by atoms with Crippen molar-refractivity contribution in [2.45, 2.75) is 12.6 Å². The molecule has 1 atom stereocenters. The summed E-state index contributed by atoms with van der Waals surface area (Å²) in [5.74, 6) is 0.222. The number of piperazine rings is 1. The van der Waals surface area contributed by atoms with Crippen LogP contribution in [0.3, 0.4) is 0 Å². The monoisotopic (exact) mass is 339 g/mol. The van der Waals surface area contributed by atoms with Gasteiger partial charge in [-0.3, -0.25) is 14.6 Å². The number of likely N-dealkylation sites (N-methyl/N-ethyl adjacent to an activating group) is 1. The summed E-state index contributed by atoms with van der Waals surface area (Å²) in [5.41, 5.74) is 7.67. The number of hydrogen-bond acceptors (Lipinski definition) is 4. The highest BCUT2D eigenvalue weighted by Gasteiger charge is 2.25. The zero-order valence-electron chi connectivity index (χ0n) is 14.6. The average Bonchev–Trinajstić information content (AvgIpc) is 2.63. The third-order valence-electron chi connectivity index (χ3n) is 4.60. The molecule has 3 rings (SSSR count). The molecule has 1 heterocycles. The van der Waals surface area contributed by atoms with Crippen LogP contribution in [-0.2, 0) is 11.3 Å². The lowest BCUT2D eigenvalue weighted by Gasteiger charge is -2.39. The molecular weight excluding hydrogens is 314 g/mol. The number of benzene rings is 2. The number of carbonyl (C=O) groups is 1. The van der Waals surface area contributed by atoms with Gasteiger partial charge in [-0.15, -0.1) is 0 Å². The fraction of sp³-hybridized carbons (Fsp3) is 0.350. The van der Waals surface area contributed by atoms with E-state index in [9.17, 15) is 4.79 Å². The van der Waals surface area contributed by atoms with Gasteiger partial charge in [0.2, 0.25) is 0 Å². The van der Waals surface area contributed by atoms with Crippen LogP contribution in [-0.4, -0.2) is 49.0 Å². The summed E-state index contributed by atoms with van der Waals surface area (Å²) in [7, 11) is 2.19. The Bertz CT molecular complexity index is 705. The molecule has 0 saturated carbocycles. The minimum atomic E-state index is -0.463. The van der Waals surface area contributed by atoms with Gasteiger partial charge in [-0.1, -0.05) is 42.5 Å². The summed E-state index contributed by atoms with van der Waals surface area (Å²) in [6.45, 7) is 3.84. The summed E-state index contributed by atoms with van der Waals surface area (Å²) < 4.78 is 5.40. The molecule has 25 heavy (non-hydrogen) atoms. The van der Waals surface area contributed by atoms with E-state index >= 15 is 0 Å². The highest BCUT2D eigenvalue weighted by atomic mass is 16.5. The normalized spacial score (nSPS) is 18.8. The Balaban J connectivity index is 1.65. The molecular formula is C20H25N3O2. The van der Waals surface area contributed by atoms with Crippen LogP contribution < -0.4 is 10.5 Å². The topological polar surface area (TPSA) is 58.8 Å². The number of amides is 1. The average molecular weight is 339 g/mol. The second kappa shape index (κ2) is 8.14. The van der Waals surface area contributed by atoms with Gasteiger partial charge in [-0.05, 0) is 30.3 Å². The molecule has 2 aromatic carbocycles. The van der Waals surface area contributed by atoms with Crippen molar-refractivity contribution < 1.29 is 9.53 Å². The van der Waals surface area contributed by atoms with E-state index in [1.165, 1.54) is 11.1 Å². The molecule has 0 spiro atoms. The Morgan fingerprint density at radius 3 is 2.72 bits per heavy atom. The van der Waals surface area contributed by atoms with Gasteiger partial charge >= 0.3 is 0 Å². The van der Waals surface area contributed by atoms with Gasteiger partial charge in [0.15, 0.2) is 6.61 Å². The fourth-order valence-electron chi connectivity index (χ4n) is 3.26. The summed E-state index contributed by atoms with van der Waals surface area (Å²) in [6, 6.07) is 18.9. The molecule has 132 valence electrons. The maximum atomic E-state index is 10.9. The van der Waals surface area contributed by atoms with E-state index in [-0.39, 0.29) is 6.61 Å². The zero-order valence-corrected chi connectivity index (χ0v) is 14.6. The van der Waals surface area contributed by atoms with E-state index in [1.807, 2.05) is 18.2 Å². The van der Waals surface area contributed by atoms with Gasteiger partial charge in [0, 0.05) is 32.2 Å². The van der Waals surface area contributed by atoms with Crippen LogP contribution >= 0.6 is 0 Å². The lowest BCUT2D eigenvalue weighted by atomic mass is 10.0. The summed E-state index contributed by atoms with van der Waals surface area (Å²) in [6.07, 6.45) is 0. The SMILES string of the molecule is CN1CCN(Cc2cccc(OCC(N)=O)c2)CC1c1ccccc1. The molecule has 1 aliphatic heterocycles. The largest absolute Gasteiger partial charge is 0.484 e. The van der Waals surface area contributed by atoms with Crippen LogP contribution in [0.1, 0.15) is 17.2 Å². The van der Waals surface area contributed by atoms with Gasteiger partial charge in [-0.2, -0.15) is 0 Å². The van der Waals surface area contributed by atoms with Gasteiger partial charge in [-0.25, -0.2) is 0 Å². The molecule has 1 unspecified atom stereocenters. The second-order valence-corrected chi connectivity index (χ2v) is 6.54. The van der Waals surface area contributed by atoms with Crippen molar-refractivity contribution in [3.63, 3.8) is 0 Å². The van der Waals surface area contributed by atoms with E-state index < -0.39 is 5.91 Å². The van der Waals surface area contributed by atoms with Crippen molar-refractivity contribution in [3.8, 4) is 5.75 Å². The van der Waals surface area contributed by atoms with Crippen molar-refractivity contribution in [3.05, 3.63) is 65.7 Å². The summed E-state index contributed by atoms with van der Waals surface area (Å²) >= 11 is 0. The minimum Gasteiger partial charge on any atom is -0.484 e. The van der Waals surface area contributed by atoms with Crippen molar-refractivity contribution in [2.75, 3.05) is 33.3 Å².